The first-order valence-corrected chi connectivity index (χ1v) is 6.49. The summed E-state index contributed by atoms with van der Waals surface area (Å²) in [5, 5.41) is 0.371. The van der Waals surface area contributed by atoms with Gasteiger partial charge in [0.15, 0.2) is 11.6 Å². The third-order valence-corrected chi connectivity index (χ3v) is 3.32. The van der Waals surface area contributed by atoms with E-state index in [4.69, 9.17) is 11.6 Å². The molecule has 20 heavy (non-hydrogen) atoms. The summed E-state index contributed by atoms with van der Waals surface area (Å²) in [6.07, 6.45) is 1.20. The lowest BCUT2D eigenvalue weighted by molar-refractivity contribution is 0.101. The molecule has 0 aliphatic rings. The van der Waals surface area contributed by atoms with E-state index in [1.54, 1.807) is 42.5 Å². The molecule has 0 unspecified atom stereocenters. The van der Waals surface area contributed by atoms with E-state index < -0.39 is 0 Å². The molecule has 0 heterocycles. The minimum atomic E-state index is -0.277. The van der Waals surface area contributed by atoms with Gasteiger partial charge in [0.2, 0.25) is 0 Å². The van der Waals surface area contributed by atoms with Crippen LogP contribution in [0.25, 0.3) is 0 Å². The van der Waals surface area contributed by atoms with Gasteiger partial charge in [-0.2, -0.15) is 0 Å². The summed E-state index contributed by atoms with van der Waals surface area (Å²) in [6, 6.07) is 11.9. The number of halogens is 1. The van der Waals surface area contributed by atoms with Gasteiger partial charge < -0.3 is 0 Å². The second kappa shape index (κ2) is 5.85. The maximum Gasteiger partial charge on any atom is 0.195 e. The lowest BCUT2D eigenvalue weighted by atomic mass is 9.94. The van der Waals surface area contributed by atoms with Crippen LogP contribution in [0.1, 0.15) is 31.8 Å². The molecule has 0 spiro atoms. The minimum absolute atomic E-state index is 0.260. The summed E-state index contributed by atoms with van der Waals surface area (Å²) in [5.41, 5.74) is 1.98. The maximum absolute atomic E-state index is 12.6. The third kappa shape index (κ3) is 2.70. The number of hydrogen-bond acceptors (Lipinski definition) is 2. The van der Waals surface area contributed by atoms with E-state index in [2.05, 4.69) is 6.58 Å². The van der Waals surface area contributed by atoms with E-state index in [0.717, 1.165) is 5.56 Å². The van der Waals surface area contributed by atoms with E-state index in [9.17, 15) is 9.59 Å². The summed E-state index contributed by atoms with van der Waals surface area (Å²) in [4.78, 5) is 24.5. The third-order valence-electron chi connectivity index (χ3n) is 2.99. The highest BCUT2D eigenvalue weighted by Gasteiger charge is 2.18. The Labute approximate surface area is 122 Å². The van der Waals surface area contributed by atoms with Gasteiger partial charge in [-0.25, -0.2) is 0 Å². The molecular formula is C17H13ClO2. The van der Waals surface area contributed by atoms with Crippen molar-refractivity contribution < 1.29 is 9.59 Å². The predicted molar refractivity (Wildman–Crippen MR) is 80.6 cm³/mol. The Hall–Kier alpha value is -2.19. The first-order chi connectivity index (χ1) is 9.54. The first kappa shape index (κ1) is 14.2. The fourth-order valence-electron chi connectivity index (χ4n) is 1.96. The van der Waals surface area contributed by atoms with Crippen molar-refractivity contribution in [2.45, 2.75) is 6.92 Å². The summed E-state index contributed by atoms with van der Waals surface area (Å²) in [7, 11) is 0. The highest BCUT2D eigenvalue weighted by atomic mass is 35.5. The molecule has 0 radical (unpaired) electrons. The smallest absolute Gasteiger partial charge is 0.195 e. The maximum atomic E-state index is 12.6. The van der Waals surface area contributed by atoms with Crippen molar-refractivity contribution >= 4 is 23.2 Å². The molecule has 0 aliphatic heterocycles. The zero-order valence-electron chi connectivity index (χ0n) is 11.0. The topological polar surface area (TPSA) is 34.1 Å². The first-order valence-electron chi connectivity index (χ1n) is 6.11. The van der Waals surface area contributed by atoms with Crippen LogP contribution in [0, 0.1) is 6.92 Å². The number of hydrogen-bond donors (Lipinski definition) is 0. The Kier molecular flexibility index (Phi) is 4.16. The molecule has 0 saturated heterocycles. The molecule has 2 aromatic carbocycles. The van der Waals surface area contributed by atoms with Crippen LogP contribution >= 0.6 is 11.6 Å². The zero-order chi connectivity index (χ0) is 14.7. The van der Waals surface area contributed by atoms with Gasteiger partial charge in [0.05, 0.1) is 5.02 Å². The number of rotatable bonds is 4. The molecule has 2 rings (SSSR count). The van der Waals surface area contributed by atoms with Crippen LogP contribution in [-0.4, -0.2) is 11.6 Å². The average Bonchev–Trinajstić information content (AvgIpc) is 2.46. The van der Waals surface area contributed by atoms with Gasteiger partial charge >= 0.3 is 0 Å². The van der Waals surface area contributed by atoms with Crippen LogP contribution in [0.4, 0.5) is 0 Å². The molecule has 0 bridgehead atoms. The molecule has 3 heteroatoms. The largest absolute Gasteiger partial charge is 0.289 e. The molecule has 0 aromatic heterocycles. The Bertz CT molecular complexity index is 702. The Morgan fingerprint density at radius 1 is 1.05 bits per heavy atom. The van der Waals surface area contributed by atoms with Gasteiger partial charge in [0.1, 0.15) is 0 Å². The van der Waals surface area contributed by atoms with Crippen molar-refractivity contribution in [1.82, 2.24) is 0 Å². The van der Waals surface area contributed by atoms with E-state index in [0.29, 0.717) is 21.7 Å². The van der Waals surface area contributed by atoms with Crippen molar-refractivity contribution in [1.29, 1.82) is 0 Å². The highest BCUT2D eigenvalue weighted by Crippen LogP contribution is 2.22. The van der Waals surface area contributed by atoms with Crippen LogP contribution < -0.4 is 0 Å². The molecule has 0 saturated carbocycles. The number of ketones is 2. The summed E-state index contributed by atoms with van der Waals surface area (Å²) in [5.74, 6) is -0.537. The van der Waals surface area contributed by atoms with E-state index in [1.165, 1.54) is 6.08 Å². The number of carbonyl (C=O) groups excluding carboxylic acids is 2. The monoisotopic (exact) mass is 284 g/mol. The number of benzene rings is 2. The lowest BCUT2D eigenvalue weighted by Crippen LogP contribution is -2.09. The van der Waals surface area contributed by atoms with Crippen LogP contribution in [0.2, 0.25) is 5.02 Å². The van der Waals surface area contributed by atoms with Crippen molar-refractivity contribution in [3.63, 3.8) is 0 Å². The van der Waals surface area contributed by atoms with Gasteiger partial charge in [-0.1, -0.05) is 48.0 Å². The van der Waals surface area contributed by atoms with Crippen molar-refractivity contribution in [3.8, 4) is 0 Å². The van der Waals surface area contributed by atoms with Crippen molar-refractivity contribution in [2.75, 3.05) is 0 Å². The van der Waals surface area contributed by atoms with Gasteiger partial charge in [0.25, 0.3) is 0 Å². The highest BCUT2D eigenvalue weighted by molar-refractivity contribution is 6.35. The average molecular weight is 285 g/mol. The second-order valence-corrected chi connectivity index (χ2v) is 4.83. The normalized spacial score (nSPS) is 10.1. The van der Waals surface area contributed by atoms with E-state index >= 15 is 0 Å². The Balaban J connectivity index is 2.60. The van der Waals surface area contributed by atoms with Crippen LogP contribution in [0.5, 0.6) is 0 Å². The molecule has 2 aromatic rings. The fourth-order valence-corrected chi connectivity index (χ4v) is 2.18. The minimum Gasteiger partial charge on any atom is -0.289 e. The fraction of sp³-hybridized carbons (Fsp3) is 0.0588. The molecule has 0 amide bonds. The van der Waals surface area contributed by atoms with Gasteiger partial charge in [0, 0.05) is 16.7 Å². The molecule has 0 aliphatic carbocycles. The van der Waals surface area contributed by atoms with Crippen molar-refractivity contribution in [2.24, 2.45) is 0 Å². The molecule has 0 fully saturated rings. The number of aryl methyl sites for hydroxylation is 1. The number of allylic oxidation sites excluding steroid dienone is 1. The Morgan fingerprint density at radius 3 is 2.40 bits per heavy atom. The van der Waals surface area contributed by atoms with Gasteiger partial charge in [-0.05, 0) is 31.2 Å². The zero-order valence-corrected chi connectivity index (χ0v) is 11.8. The SMILES string of the molecule is C=CC(=O)c1ccc(C)cc1C(=O)c1ccccc1Cl. The molecule has 2 nitrogen and oxygen atoms in total. The van der Waals surface area contributed by atoms with E-state index in [1.807, 2.05) is 6.92 Å². The molecular weight excluding hydrogens is 272 g/mol. The number of carbonyl (C=O) groups is 2. The van der Waals surface area contributed by atoms with Crippen LogP contribution in [0.15, 0.2) is 55.1 Å². The summed E-state index contributed by atoms with van der Waals surface area (Å²) >= 11 is 6.05. The van der Waals surface area contributed by atoms with Crippen LogP contribution in [-0.2, 0) is 0 Å². The van der Waals surface area contributed by atoms with Gasteiger partial charge in [-0.3, -0.25) is 9.59 Å². The van der Waals surface area contributed by atoms with Gasteiger partial charge in [-0.15, -0.1) is 0 Å². The van der Waals surface area contributed by atoms with E-state index in [-0.39, 0.29) is 11.6 Å². The summed E-state index contributed by atoms with van der Waals surface area (Å²) < 4.78 is 0. The Morgan fingerprint density at radius 2 is 1.75 bits per heavy atom. The standard InChI is InChI=1S/C17H13ClO2/c1-3-16(19)12-9-8-11(2)10-14(12)17(20)13-6-4-5-7-15(13)18/h3-10H,1H2,2H3. The quantitative estimate of drug-likeness (QED) is 0.621. The predicted octanol–water partition coefficient (Wildman–Crippen LogP) is 4.25. The molecule has 0 N–H and O–H groups in total. The molecule has 0 atom stereocenters. The summed E-state index contributed by atoms with van der Waals surface area (Å²) in [6.45, 7) is 5.33. The lowest BCUT2D eigenvalue weighted by Gasteiger charge is -2.09. The van der Waals surface area contributed by atoms with Crippen LogP contribution in [0.3, 0.4) is 0 Å². The second-order valence-electron chi connectivity index (χ2n) is 4.43. The molecule has 100 valence electrons. The van der Waals surface area contributed by atoms with Crippen molar-refractivity contribution in [3.05, 3.63) is 82.4 Å².